The summed E-state index contributed by atoms with van der Waals surface area (Å²) in [5, 5.41) is 2.85. The number of rotatable bonds is 8. The van der Waals surface area contributed by atoms with Gasteiger partial charge in [0.05, 0.1) is 6.61 Å². The third-order valence-corrected chi connectivity index (χ3v) is 4.37. The number of thioether (sulfide) groups is 1. The molecule has 1 aromatic rings. The molecule has 0 bridgehead atoms. The van der Waals surface area contributed by atoms with Crippen molar-refractivity contribution >= 4 is 17.6 Å². The maximum atomic E-state index is 11.9. The zero-order chi connectivity index (χ0) is 15.1. The Bertz CT molecular complexity index is 495. The maximum Gasteiger partial charge on any atom is 0.351 e. The minimum absolute atomic E-state index is 0.00694. The van der Waals surface area contributed by atoms with Crippen molar-refractivity contribution in [1.82, 2.24) is 9.55 Å². The van der Waals surface area contributed by atoms with E-state index in [4.69, 9.17) is 9.47 Å². The first kappa shape index (κ1) is 16.3. The second-order valence-corrected chi connectivity index (χ2v) is 6.08. The van der Waals surface area contributed by atoms with Gasteiger partial charge < -0.3 is 14.8 Å². The number of hydrogen-bond acceptors (Lipinski definition) is 6. The summed E-state index contributed by atoms with van der Waals surface area (Å²) in [4.78, 5) is 15.8. The van der Waals surface area contributed by atoms with Crippen molar-refractivity contribution in [1.29, 1.82) is 0 Å². The molecule has 1 aliphatic heterocycles. The summed E-state index contributed by atoms with van der Waals surface area (Å²) < 4.78 is 13.0. The van der Waals surface area contributed by atoms with Crippen molar-refractivity contribution in [3.05, 3.63) is 22.7 Å². The SMILES string of the molecule is CCCCCOC[C@H]1O[C@@H](n2ccc(NC)nc2=O)CS1. The van der Waals surface area contributed by atoms with E-state index < -0.39 is 0 Å². The quantitative estimate of drug-likeness (QED) is 0.741. The Morgan fingerprint density at radius 3 is 3.14 bits per heavy atom. The van der Waals surface area contributed by atoms with E-state index in [1.165, 1.54) is 17.4 Å². The highest BCUT2D eigenvalue weighted by atomic mass is 32.2. The minimum Gasteiger partial charge on any atom is -0.378 e. The van der Waals surface area contributed by atoms with Gasteiger partial charge in [0.1, 0.15) is 17.5 Å². The summed E-state index contributed by atoms with van der Waals surface area (Å²) >= 11 is 1.68. The van der Waals surface area contributed by atoms with E-state index in [9.17, 15) is 4.79 Å². The van der Waals surface area contributed by atoms with Gasteiger partial charge in [0.15, 0.2) is 0 Å². The fourth-order valence-electron chi connectivity index (χ4n) is 2.08. The summed E-state index contributed by atoms with van der Waals surface area (Å²) in [5.74, 6) is 1.31. The molecule has 6 nitrogen and oxygen atoms in total. The number of unbranched alkanes of at least 4 members (excludes halogenated alkanes) is 2. The smallest absolute Gasteiger partial charge is 0.351 e. The van der Waals surface area contributed by atoms with E-state index in [-0.39, 0.29) is 17.4 Å². The van der Waals surface area contributed by atoms with Gasteiger partial charge in [-0.1, -0.05) is 19.8 Å². The molecule has 21 heavy (non-hydrogen) atoms. The van der Waals surface area contributed by atoms with Gasteiger partial charge in [0.25, 0.3) is 0 Å². The number of aromatic nitrogens is 2. The third kappa shape index (κ3) is 4.72. The standard InChI is InChI=1S/C14H23N3O3S/c1-3-4-5-8-19-9-13-20-12(10-21-13)17-7-6-11(15-2)16-14(17)18/h6-7,12-13H,3-5,8-10H2,1-2H3,(H,15,16,18)/t12-,13+/m1/s1. The molecular formula is C14H23N3O3S. The van der Waals surface area contributed by atoms with Crippen molar-refractivity contribution in [2.45, 2.75) is 37.9 Å². The van der Waals surface area contributed by atoms with Gasteiger partial charge in [-0.3, -0.25) is 4.57 Å². The molecule has 0 amide bonds. The van der Waals surface area contributed by atoms with E-state index >= 15 is 0 Å². The molecule has 0 aliphatic carbocycles. The maximum absolute atomic E-state index is 11.9. The molecule has 0 saturated carbocycles. The molecule has 0 spiro atoms. The van der Waals surface area contributed by atoms with E-state index in [1.807, 2.05) is 0 Å². The van der Waals surface area contributed by atoms with Crippen LogP contribution in [0.2, 0.25) is 0 Å². The summed E-state index contributed by atoms with van der Waals surface area (Å²) in [5.41, 5.74) is -0.301. The molecule has 1 aromatic heterocycles. The lowest BCUT2D eigenvalue weighted by Gasteiger charge is -2.15. The lowest BCUT2D eigenvalue weighted by Crippen LogP contribution is -2.28. The number of ether oxygens (including phenoxy) is 2. The predicted octanol–water partition coefficient (Wildman–Crippen LogP) is 2.08. The predicted molar refractivity (Wildman–Crippen MR) is 84.8 cm³/mol. The summed E-state index contributed by atoms with van der Waals surface area (Å²) in [7, 11) is 1.74. The molecule has 1 saturated heterocycles. The van der Waals surface area contributed by atoms with Crippen molar-refractivity contribution in [3.8, 4) is 0 Å². The van der Waals surface area contributed by atoms with Crippen LogP contribution in [0.5, 0.6) is 0 Å². The first-order valence-corrected chi connectivity index (χ1v) is 8.41. The normalized spacial score (nSPS) is 21.6. The summed E-state index contributed by atoms with van der Waals surface area (Å²) in [6.45, 7) is 3.52. The fraction of sp³-hybridized carbons (Fsp3) is 0.714. The van der Waals surface area contributed by atoms with Gasteiger partial charge in [0, 0.05) is 25.6 Å². The largest absolute Gasteiger partial charge is 0.378 e. The third-order valence-electron chi connectivity index (χ3n) is 3.28. The van der Waals surface area contributed by atoms with Crippen LogP contribution in [0.1, 0.15) is 32.4 Å². The van der Waals surface area contributed by atoms with Crippen molar-refractivity contribution in [2.75, 3.05) is 31.3 Å². The molecular weight excluding hydrogens is 290 g/mol. The molecule has 118 valence electrons. The van der Waals surface area contributed by atoms with Crippen LogP contribution in [0.4, 0.5) is 5.82 Å². The second kappa shape index (κ2) is 8.41. The van der Waals surface area contributed by atoms with Crippen molar-refractivity contribution in [2.24, 2.45) is 0 Å². The van der Waals surface area contributed by atoms with E-state index in [0.717, 1.165) is 18.8 Å². The summed E-state index contributed by atoms with van der Waals surface area (Å²) in [6.07, 6.45) is 4.94. The monoisotopic (exact) mass is 313 g/mol. The van der Waals surface area contributed by atoms with Crippen LogP contribution < -0.4 is 11.0 Å². The van der Waals surface area contributed by atoms with Gasteiger partial charge in [-0.15, -0.1) is 11.8 Å². The van der Waals surface area contributed by atoms with Crippen LogP contribution in [0.3, 0.4) is 0 Å². The summed E-state index contributed by atoms with van der Waals surface area (Å²) in [6, 6.07) is 1.77. The van der Waals surface area contributed by atoms with Crippen LogP contribution in [0, 0.1) is 0 Å². The average Bonchev–Trinajstić information content (AvgIpc) is 2.95. The van der Waals surface area contributed by atoms with E-state index in [0.29, 0.717) is 12.4 Å². The van der Waals surface area contributed by atoms with Gasteiger partial charge in [-0.25, -0.2) is 4.79 Å². The average molecular weight is 313 g/mol. The highest BCUT2D eigenvalue weighted by Gasteiger charge is 2.28. The number of anilines is 1. The zero-order valence-corrected chi connectivity index (χ0v) is 13.4. The molecule has 7 heteroatoms. The molecule has 2 rings (SSSR count). The van der Waals surface area contributed by atoms with Crippen molar-refractivity contribution in [3.63, 3.8) is 0 Å². The Morgan fingerprint density at radius 1 is 1.57 bits per heavy atom. The van der Waals surface area contributed by atoms with Gasteiger partial charge >= 0.3 is 5.69 Å². The fourth-order valence-corrected chi connectivity index (χ4v) is 3.10. The Kier molecular flexibility index (Phi) is 6.53. The molecule has 1 fully saturated rings. The van der Waals surface area contributed by atoms with Crippen LogP contribution in [-0.2, 0) is 9.47 Å². The zero-order valence-electron chi connectivity index (χ0n) is 12.6. The van der Waals surface area contributed by atoms with Gasteiger partial charge in [-0.05, 0) is 12.5 Å². The molecule has 0 radical (unpaired) electrons. The Balaban J connectivity index is 1.81. The first-order valence-electron chi connectivity index (χ1n) is 7.36. The van der Waals surface area contributed by atoms with Gasteiger partial charge in [0.2, 0.25) is 0 Å². The number of nitrogens with zero attached hydrogens (tertiary/aromatic N) is 2. The lowest BCUT2D eigenvalue weighted by atomic mass is 10.3. The van der Waals surface area contributed by atoms with E-state index in [2.05, 4.69) is 17.2 Å². The van der Waals surface area contributed by atoms with Crippen LogP contribution in [0.25, 0.3) is 0 Å². The second-order valence-electron chi connectivity index (χ2n) is 4.89. The molecule has 0 aromatic carbocycles. The molecule has 0 unspecified atom stereocenters. The number of nitrogens with one attached hydrogen (secondary N) is 1. The van der Waals surface area contributed by atoms with E-state index in [1.54, 1.807) is 31.1 Å². The topological polar surface area (TPSA) is 65.4 Å². The van der Waals surface area contributed by atoms with Crippen LogP contribution >= 0.6 is 11.8 Å². The number of hydrogen-bond donors (Lipinski definition) is 1. The first-order chi connectivity index (χ1) is 10.2. The van der Waals surface area contributed by atoms with Crippen molar-refractivity contribution < 1.29 is 9.47 Å². The van der Waals surface area contributed by atoms with Crippen LogP contribution in [0.15, 0.2) is 17.1 Å². The van der Waals surface area contributed by atoms with Gasteiger partial charge in [-0.2, -0.15) is 4.98 Å². The highest BCUT2D eigenvalue weighted by Crippen LogP contribution is 2.31. The lowest BCUT2D eigenvalue weighted by molar-refractivity contribution is -0.0251. The highest BCUT2D eigenvalue weighted by molar-refractivity contribution is 8.00. The minimum atomic E-state index is -0.294. The Hall–Kier alpha value is -1.05. The molecule has 2 atom stereocenters. The molecule has 2 heterocycles. The Labute approximate surface area is 129 Å². The Morgan fingerprint density at radius 2 is 2.43 bits per heavy atom. The van der Waals surface area contributed by atoms with Crippen LogP contribution in [-0.4, -0.2) is 41.0 Å². The molecule has 1 N–H and O–H groups in total. The molecule has 1 aliphatic rings.